The van der Waals surface area contributed by atoms with Crippen molar-refractivity contribution < 1.29 is 4.79 Å². The molecule has 0 aromatic heterocycles. The molecule has 0 aromatic rings. The topological polar surface area (TPSA) is 43.1 Å². The Morgan fingerprint density at radius 2 is 1.77 bits per heavy atom. The summed E-state index contributed by atoms with van der Waals surface area (Å²) in [7, 11) is 0. The van der Waals surface area contributed by atoms with Crippen LogP contribution in [0.4, 0.5) is 0 Å². The van der Waals surface area contributed by atoms with E-state index in [-0.39, 0.29) is 5.41 Å². The van der Waals surface area contributed by atoms with Gasteiger partial charge in [0.05, 0.1) is 0 Å². The summed E-state index contributed by atoms with van der Waals surface area (Å²) in [4.78, 5) is 11.1. The highest BCUT2D eigenvalue weighted by Gasteiger charge is 2.54. The van der Waals surface area contributed by atoms with E-state index in [0.717, 1.165) is 25.2 Å². The average Bonchev–Trinajstić information content (AvgIpc) is 2.13. The number of rotatable bonds is 1. The highest BCUT2D eigenvalue weighted by molar-refractivity contribution is 5.60. The molecule has 2 N–H and O–H groups in total. The van der Waals surface area contributed by atoms with Crippen LogP contribution in [0, 0.1) is 23.2 Å². The Hall–Kier alpha value is -0.370. The van der Waals surface area contributed by atoms with Crippen molar-refractivity contribution in [3.63, 3.8) is 0 Å². The maximum Gasteiger partial charge on any atom is 0.126 e. The van der Waals surface area contributed by atoms with Crippen LogP contribution in [0.5, 0.6) is 0 Å². The molecule has 4 fully saturated rings. The molecule has 72 valence electrons. The van der Waals surface area contributed by atoms with Gasteiger partial charge < -0.3 is 10.5 Å². The van der Waals surface area contributed by atoms with Crippen molar-refractivity contribution in [3.05, 3.63) is 0 Å². The van der Waals surface area contributed by atoms with Crippen molar-refractivity contribution in [3.8, 4) is 0 Å². The van der Waals surface area contributed by atoms with Gasteiger partial charge in [-0.25, -0.2) is 0 Å². The summed E-state index contributed by atoms with van der Waals surface area (Å²) in [5.74, 6) is 2.15. The lowest BCUT2D eigenvalue weighted by Crippen LogP contribution is -2.57. The summed E-state index contributed by atoms with van der Waals surface area (Å²) in [6.07, 6.45) is 7.18. The summed E-state index contributed by atoms with van der Waals surface area (Å²) >= 11 is 0. The zero-order valence-electron chi connectivity index (χ0n) is 7.91. The standard InChI is InChI=1S/C11H17NO/c12-10-8-1-7-2-9(10)5-11(3-7,4-8)6-13/h6-10H,1-5,12H2. The van der Waals surface area contributed by atoms with Crippen molar-refractivity contribution in [2.45, 2.75) is 38.1 Å². The van der Waals surface area contributed by atoms with E-state index in [0.29, 0.717) is 17.9 Å². The quantitative estimate of drug-likeness (QED) is 0.617. The molecule has 0 aromatic carbocycles. The summed E-state index contributed by atoms with van der Waals surface area (Å²) < 4.78 is 0. The molecule has 13 heavy (non-hydrogen) atoms. The molecule has 0 spiro atoms. The summed E-state index contributed by atoms with van der Waals surface area (Å²) in [5, 5.41) is 0. The summed E-state index contributed by atoms with van der Waals surface area (Å²) in [5.41, 5.74) is 6.23. The Bertz CT molecular complexity index is 234. The van der Waals surface area contributed by atoms with Crippen LogP contribution in [0.1, 0.15) is 32.1 Å². The van der Waals surface area contributed by atoms with Crippen LogP contribution >= 0.6 is 0 Å². The number of aldehydes is 1. The van der Waals surface area contributed by atoms with Crippen LogP contribution in [0.25, 0.3) is 0 Å². The Morgan fingerprint density at radius 3 is 2.31 bits per heavy atom. The lowest BCUT2D eigenvalue weighted by molar-refractivity contribution is -0.132. The summed E-state index contributed by atoms with van der Waals surface area (Å²) in [6, 6.07) is 0.407. The van der Waals surface area contributed by atoms with Gasteiger partial charge in [-0.3, -0.25) is 0 Å². The molecule has 2 unspecified atom stereocenters. The van der Waals surface area contributed by atoms with Crippen molar-refractivity contribution in [1.29, 1.82) is 0 Å². The van der Waals surface area contributed by atoms with E-state index in [1.165, 1.54) is 19.1 Å². The smallest absolute Gasteiger partial charge is 0.126 e. The van der Waals surface area contributed by atoms with Crippen molar-refractivity contribution in [1.82, 2.24) is 0 Å². The minimum Gasteiger partial charge on any atom is -0.327 e. The number of hydrogen-bond acceptors (Lipinski definition) is 2. The number of carbonyl (C=O) groups excluding carboxylic acids is 1. The molecule has 2 heteroatoms. The molecular formula is C11H17NO. The molecule has 0 saturated heterocycles. The molecule has 4 bridgehead atoms. The third kappa shape index (κ3) is 0.954. The van der Waals surface area contributed by atoms with E-state index in [1.807, 2.05) is 0 Å². The number of carbonyl (C=O) groups is 1. The van der Waals surface area contributed by atoms with Crippen molar-refractivity contribution in [2.75, 3.05) is 0 Å². The first-order valence-corrected chi connectivity index (χ1v) is 5.44. The second-order valence-electron chi connectivity index (χ2n) is 5.53. The number of nitrogens with two attached hydrogens (primary N) is 1. The minimum atomic E-state index is 0.0619. The third-order valence-corrected chi connectivity index (χ3v) is 4.64. The van der Waals surface area contributed by atoms with Gasteiger partial charge in [-0.05, 0) is 49.9 Å². The van der Waals surface area contributed by atoms with E-state index in [9.17, 15) is 4.79 Å². The molecule has 0 amide bonds. The van der Waals surface area contributed by atoms with Crippen LogP contribution in [-0.2, 0) is 4.79 Å². The maximum absolute atomic E-state index is 11.1. The van der Waals surface area contributed by atoms with Crippen LogP contribution < -0.4 is 5.73 Å². The van der Waals surface area contributed by atoms with Gasteiger partial charge in [-0.1, -0.05) is 0 Å². The van der Waals surface area contributed by atoms with Gasteiger partial charge in [0.1, 0.15) is 6.29 Å². The Balaban J connectivity index is 1.96. The lowest BCUT2D eigenvalue weighted by atomic mass is 9.48. The van der Waals surface area contributed by atoms with E-state index in [4.69, 9.17) is 5.73 Å². The van der Waals surface area contributed by atoms with Crippen LogP contribution in [0.15, 0.2) is 0 Å². The second-order valence-corrected chi connectivity index (χ2v) is 5.53. The van der Waals surface area contributed by atoms with Crippen molar-refractivity contribution >= 4 is 6.29 Å². The highest BCUT2D eigenvalue weighted by Crippen LogP contribution is 2.58. The molecule has 4 saturated carbocycles. The third-order valence-electron chi connectivity index (χ3n) is 4.64. The van der Waals surface area contributed by atoms with Gasteiger partial charge in [0.25, 0.3) is 0 Å². The number of hydrogen-bond donors (Lipinski definition) is 1. The fraction of sp³-hybridized carbons (Fsp3) is 0.909. The lowest BCUT2D eigenvalue weighted by Gasteiger charge is -2.57. The normalized spacial score (nSPS) is 58.2. The SMILES string of the molecule is NC1C2CC3CC1CC(C=O)(C3)C2. The first kappa shape index (κ1) is 7.98. The van der Waals surface area contributed by atoms with E-state index < -0.39 is 0 Å². The second kappa shape index (κ2) is 2.35. The van der Waals surface area contributed by atoms with Crippen molar-refractivity contribution in [2.24, 2.45) is 28.9 Å². The van der Waals surface area contributed by atoms with Crippen LogP contribution in [-0.4, -0.2) is 12.3 Å². The van der Waals surface area contributed by atoms with E-state index in [1.54, 1.807) is 0 Å². The largest absolute Gasteiger partial charge is 0.327 e. The molecule has 4 aliphatic carbocycles. The molecule has 4 rings (SSSR count). The fourth-order valence-corrected chi connectivity index (χ4v) is 4.27. The molecule has 0 heterocycles. The Labute approximate surface area is 78.9 Å². The van der Waals surface area contributed by atoms with Crippen LogP contribution in [0.3, 0.4) is 0 Å². The molecule has 2 atom stereocenters. The monoisotopic (exact) mass is 179 g/mol. The first-order valence-electron chi connectivity index (χ1n) is 5.44. The van der Waals surface area contributed by atoms with E-state index >= 15 is 0 Å². The molecule has 2 nitrogen and oxygen atoms in total. The Kier molecular flexibility index (Phi) is 1.44. The summed E-state index contributed by atoms with van der Waals surface area (Å²) in [6.45, 7) is 0. The molecule has 4 aliphatic rings. The van der Waals surface area contributed by atoms with Gasteiger partial charge >= 0.3 is 0 Å². The zero-order valence-corrected chi connectivity index (χ0v) is 7.91. The minimum absolute atomic E-state index is 0.0619. The first-order chi connectivity index (χ1) is 6.22. The van der Waals surface area contributed by atoms with Gasteiger partial charge in [0.15, 0.2) is 0 Å². The van der Waals surface area contributed by atoms with E-state index in [2.05, 4.69) is 0 Å². The highest BCUT2D eigenvalue weighted by atomic mass is 16.1. The fourth-order valence-electron chi connectivity index (χ4n) is 4.27. The molecule has 0 aliphatic heterocycles. The molecule has 0 radical (unpaired) electrons. The zero-order chi connectivity index (χ0) is 9.05. The molecular weight excluding hydrogens is 162 g/mol. The van der Waals surface area contributed by atoms with Gasteiger partial charge in [0.2, 0.25) is 0 Å². The Morgan fingerprint density at radius 1 is 1.15 bits per heavy atom. The maximum atomic E-state index is 11.1. The average molecular weight is 179 g/mol. The van der Waals surface area contributed by atoms with Gasteiger partial charge in [-0.15, -0.1) is 0 Å². The van der Waals surface area contributed by atoms with Gasteiger partial charge in [-0.2, -0.15) is 0 Å². The van der Waals surface area contributed by atoms with Crippen LogP contribution in [0.2, 0.25) is 0 Å². The predicted molar refractivity (Wildman–Crippen MR) is 50.0 cm³/mol. The predicted octanol–water partition coefficient (Wildman–Crippen LogP) is 1.34. The van der Waals surface area contributed by atoms with Gasteiger partial charge in [0, 0.05) is 11.5 Å².